The van der Waals surface area contributed by atoms with Crippen molar-refractivity contribution in [3.8, 4) is 0 Å². The molecule has 2 atom stereocenters. The summed E-state index contributed by atoms with van der Waals surface area (Å²) in [4.78, 5) is 24.7. The molecule has 20 heavy (non-hydrogen) atoms. The number of aryl methyl sites for hydroxylation is 1. The standard InChI is InChI=1S/C14H18N2O4/c1-9-6-7-10-4-2-3-5-12(10)16(9)14(20)15-11(8-17)13(18)19/h2-5,9,11,17H,6-8H2,1H3,(H,15,20)(H,18,19)/t9?,11-/m1/s1. The van der Waals surface area contributed by atoms with Crippen molar-refractivity contribution in [1.29, 1.82) is 0 Å². The van der Waals surface area contributed by atoms with Gasteiger partial charge in [0, 0.05) is 11.7 Å². The molecule has 1 aromatic carbocycles. The third-order valence-corrected chi connectivity index (χ3v) is 3.52. The molecule has 0 aliphatic carbocycles. The third-order valence-electron chi connectivity index (χ3n) is 3.52. The fraction of sp³-hybridized carbons (Fsp3) is 0.429. The number of aliphatic carboxylic acids is 1. The number of urea groups is 1. The van der Waals surface area contributed by atoms with Gasteiger partial charge in [0.2, 0.25) is 0 Å². The first-order chi connectivity index (χ1) is 9.54. The molecule has 0 saturated carbocycles. The SMILES string of the molecule is CC1CCc2ccccc2N1C(=O)N[C@H](CO)C(=O)O. The second kappa shape index (κ2) is 5.92. The number of amides is 2. The molecule has 1 unspecified atom stereocenters. The van der Waals surface area contributed by atoms with Crippen LogP contribution in [-0.2, 0) is 11.2 Å². The second-order valence-electron chi connectivity index (χ2n) is 4.91. The van der Waals surface area contributed by atoms with E-state index in [0.29, 0.717) is 0 Å². The lowest BCUT2D eigenvalue weighted by Gasteiger charge is -2.35. The van der Waals surface area contributed by atoms with Crippen LogP contribution in [0.1, 0.15) is 18.9 Å². The van der Waals surface area contributed by atoms with Crippen molar-refractivity contribution in [3.05, 3.63) is 29.8 Å². The molecule has 0 fully saturated rings. The topological polar surface area (TPSA) is 89.9 Å². The van der Waals surface area contributed by atoms with Gasteiger partial charge in [-0.3, -0.25) is 4.90 Å². The molecule has 1 aliphatic heterocycles. The second-order valence-corrected chi connectivity index (χ2v) is 4.91. The van der Waals surface area contributed by atoms with Crippen LogP contribution in [-0.4, -0.2) is 40.9 Å². The molecule has 3 N–H and O–H groups in total. The molecule has 6 heteroatoms. The Morgan fingerprint density at radius 1 is 1.45 bits per heavy atom. The number of para-hydroxylation sites is 1. The number of aliphatic hydroxyl groups is 1. The zero-order valence-corrected chi connectivity index (χ0v) is 11.2. The highest BCUT2D eigenvalue weighted by molar-refractivity contribution is 5.96. The quantitative estimate of drug-likeness (QED) is 0.769. The number of benzene rings is 1. The van der Waals surface area contributed by atoms with E-state index in [-0.39, 0.29) is 6.04 Å². The van der Waals surface area contributed by atoms with E-state index in [9.17, 15) is 9.59 Å². The van der Waals surface area contributed by atoms with Gasteiger partial charge in [-0.2, -0.15) is 0 Å². The Morgan fingerprint density at radius 3 is 2.80 bits per heavy atom. The van der Waals surface area contributed by atoms with Crippen molar-refractivity contribution in [2.75, 3.05) is 11.5 Å². The van der Waals surface area contributed by atoms with Crippen LogP contribution in [0.15, 0.2) is 24.3 Å². The highest BCUT2D eigenvalue weighted by Crippen LogP contribution is 2.30. The van der Waals surface area contributed by atoms with Gasteiger partial charge < -0.3 is 15.5 Å². The van der Waals surface area contributed by atoms with Crippen LogP contribution in [0.4, 0.5) is 10.5 Å². The maximum Gasteiger partial charge on any atom is 0.328 e. The van der Waals surface area contributed by atoms with Gasteiger partial charge in [-0.05, 0) is 31.4 Å². The lowest BCUT2D eigenvalue weighted by atomic mass is 9.97. The van der Waals surface area contributed by atoms with E-state index < -0.39 is 24.6 Å². The molecule has 0 spiro atoms. The molecular formula is C14H18N2O4. The number of carbonyl (C=O) groups is 2. The van der Waals surface area contributed by atoms with Crippen molar-refractivity contribution in [2.24, 2.45) is 0 Å². The molecule has 0 radical (unpaired) electrons. The largest absolute Gasteiger partial charge is 0.480 e. The number of carboxylic acids is 1. The van der Waals surface area contributed by atoms with Crippen LogP contribution in [0, 0.1) is 0 Å². The number of hydrogen-bond acceptors (Lipinski definition) is 3. The van der Waals surface area contributed by atoms with Crippen LogP contribution in [0.25, 0.3) is 0 Å². The lowest BCUT2D eigenvalue weighted by molar-refractivity contribution is -0.140. The van der Waals surface area contributed by atoms with E-state index in [1.54, 1.807) is 4.90 Å². The first-order valence-corrected chi connectivity index (χ1v) is 6.56. The van der Waals surface area contributed by atoms with Crippen LogP contribution in [0.3, 0.4) is 0 Å². The minimum Gasteiger partial charge on any atom is -0.480 e. The van der Waals surface area contributed by atoms with Gasteiger partial charge in [0.15, 0.2) is 6.04 Å². The molecule has 1 aliphatic rings. The number of rotatable bonds is 3. The Bertz CT molecular complexity index is 518. The summed E-state index contributed by atoms with van der Waals surface area (Å²) in [6.07, 6.45) is 1.71. The van der Waals surface area contributed by atoms with Gasteiger partial charge in [-0.15, -0.1) is 0 Å². The summed E-state index contributed by atoms with van der Waals surface area (Å²) in [7, 11) is 0. The molecule has 6 nitrogen and oxygen atoms in total. The van der Waals surface area contributed by atoms with E-state index in [2.05, 4.69) is 5.32 Å². The Balaban J connectivity index is 2.23. The molecule has 1 heterocycles. The summed E-state index contributed by atoms with van der Waals surface area (Å²) >= 11 is 0. The predicted molar refractivity (Wildman–Crippen MR) is 73.7 cm³/mol. The van der Waals surface area contributed by atoms with E-state index >= 15 is 0 Å². The molecule has 0 bridgehead atoms. The van der Waals surface area contributed by atoms with Crippen molar-refractivity contribution < 1.29 is 19.8 Å². The number of fused-ring (bicyclic) bond motifs is 1. The third kappa shape index (κ3) is 2.75. The molecule has 108 valence electrons. The minimum atomic E-state index is -1.29. The predicted octanol–water partition coefficient (Wildman–Crippen LogP) is 0.983. The van der Waals surface area contributed by atoms with Gasteiger partial charge >= 0.3 is 12.0 Å². The van der Waals surface area contributed by atoms with Crippen molar-refractivity contribution in [3.63, 3.8) is 0 Å². The smallest absolute Gasteiger partial charge is 0.328 e. The average Bonchev–Trinajstić information content (AvgIpc) is 2.44. The summed E-state index contributed by atoms with van der Waals surface area (Å²) in [6, 6.07) is 5.77. The first kappa shape index (κ1) is 14.3. The van der Waals surface area contributed by atoms with Gasteiger partial charge in [0.05, 0.1) is 6.61 Å². The summed E-state index contributed by atoms with van der Waals surface area (Å²) in [5.74, 6) is -1.25. The van der Waals surface area contributed by atoms with E-state index in [1.807, 2.05) is 31.2 Å². The summed E-state index contributed by atoms with van der Waals surface area (Å²) < 4.78 is 0. The highest BCUT2D eigenvalue weighted by atomic mass is 16.4. The molecule has 2 amide bonds. The molecule has 1 aromatic rings. The molecular weight excluding hydrogens is 260 g/mol. The summed E-state index contributed by atoms with van der Waals surface area (Å²) in [5, 5.41) is 20.2. The van der Waals surface area contributed by atoms with E-state index in [4.69, 9.17) is 10.2 Å². The zero-order chi connectivity index (χ0) is 14.7. The number of carboxylic acid groups (broad SMARTS) is 1. The maximum atomic E-state index is 12.3. The van der Waals surface area contributed by atoms with Crippen LogP contribution in [0.2, 0.25) is 0 Å². The van der Waals surface area contributed by atoms with Crippen LogP contribution in [0.5, 0.6) is 0 Å². The van der Waals surface area contributed by atoms with Gasteiger partial charge in [-0.25, -0.2) is 9.59 Å². The average molecular weight is 278 g/mol. The number of nitrogens with zero attached hydrogens (tertiary/aromatic N) is 1. The van der Waals surface area contributed by atoms with Gasteiger partial charge in [-0.1, -0.05) is 18.2 Å². The Hall–Kier alpha value is -2.08. The number of anilines is 1. The fourth-order valence-corrected chi connectivity index (χ4v) is 2.40. The summed E-state index contributed by atoms with van der Waals surface area (Å²) in [5.41, 5.74) is 1.86. The fourth-order valence-electron chi connectivity index (χ4n) is 2.40. The van der Waals surface area contributed by atoms with Crippen LogP contribution < -0.4 is 10.2 Å². The van der Waals surface area contributed by atoms with Gasteiger partial charge in [0.25, 0.3) is 0 Å². The molecule has 0 aromatic heterocycles. The normalized spacial score (nSPS) is 19.1. The number of nitrogens with one attached hydrogen (secondary N) is 1. The Labute approximate surface area is 117 Å². The van der Waals surface area contributed by atoms with Gasteiger partial charge in [0.1, 0.15) is 0 Å². The molecule has 2 rings (SSSR count). The monoisotopic (exact) mass is 278 g/mol. The number of aliphatic hydroxyl groups excluding tert-OH is 1. The minimum absolute atomic E-state index is 0.0157. The van der Waals surface area contributed by atoms with Crippen molar-refractivity contribution in [2.45, 2.75) is 31.8 Å². The Kier molecular flexibility index (Phi) is 4.24. The lowest BCUT2D eigenvalue weighted by Crippen LogP contribution is -2.53. The number of hydrogen-bond donors (Lipinski definition) is 3. The highest BCUT2D eigenvalue weighted by Gasteiger charge is 2.30. The van der Waals surface area contributed by atoms with Crippen LogP contribution >= 0.6 is 0 Å². The summed E-state index contributed by atoms with van der Waals surface area (Å²) in [6.45, 7) is 1.29. The van der Waals surface area contributed by atoms with Crippen molar-refractivity contribution in [1.82, 2.24) is 5.32 Å². The van der Waals surface area contributed by atoms with Crippen molar-refractivity contribution >= 4 is 17.7 Å². The van der Waals surface area contributed by atoms with E-state index in [0.717, 1.165) is 24.1 Å². The van der Waals surface area contributed by atoms with E-state index in [1.165, 1.54) is 0 Å². The maximum absolute atomic E-state index is 12.3. The molecule has 0 saturated heterocycles. The Morgan fingerprint density at radius 2 is 2.15 bits per heavy atom. The first-order valence-electron chi connectivity index (χ1n) is 6.56. The zero-order valence-electron chi connectivity index (χ0n) is 11.2. The number of carbonyl (C=O) groups excluding carboxylic acids is 1.